The van der Waals surface area contributed by atoms with Gasteiger partial charge >= 0.3 is 5.97 Å². The fourth-order valence-electron chi connectivity index (χ4n) is 0.987. The molecule has 0 saturated heterocycles. The average Bonchev–Trinajstić information content (AvgIpc) is 2.24. The summed E-state index contributed by atoms with van der Waals surface area (Å²) in [5.41, 5.74) is -1.58. The van der Waals surface area contributed by atoms with E-state index in [9.17, 15) is 26.7 Å². The van der Waals surface area contributed by atoms with E-state index >= 15 is 0 Å². The molecule has 1 aromatic carbocycles. The minimum absolute atomic E-state index is 0.252. The van der Waals surface area contributed by atoms with Crippen LogP contribution < -0.4 is 0 Å². The number of halogens is 5. The summed E-state index contributed by atoms with van der Waals surface area (Å²) in [6.45, 7) is 1.07. The van der Waals surface area contributed by atoms with Gasteiger partial charge in [0.25, 0.3) is 0 Å². The van der Waals surface area contributed by atoms with Gasteiger partial charge in [-0.05, 0) is 6.92 Å². The van der Waals surface area contributed by atoms with Crippen molar-refractivity contribution in [3.8, 4) is 0 Å². The Balaban J connectivity index is 3.45. The van der Waals surface area contributed by atoms with Gasteiger partial charge in [0.2, 0.25) is 5.82 Å². The number of carbonyl (C=O) groups excluding carboxylic acids is 1. The second-order valence-corrected chi connectivity index (χ2v) is 2.67. The number of benzene rings is 1. The lowest BCUT2D eigenvalue weighted by Crippen LogP contribution is -2.15. The summed E-state index contributed by atoms with van der Waals surface area (Å²) < 4.78 is 67.9. The second kappa shape index (κ2) is 4.46. The van der Waals surface area contributed by atoms with Crippen molar-refractivity contribution in [3.05, 3.63) is 34.6 Å². The molecule has 0 aliphatic rings. The highest BCUT2D eigenvalue weighted by Crippen LogP contribution is 2.23. The van der Waals surface area contributed by atoms with E-state index in [1.807, 2.05) is 0 Å². The van der Waals surface area contributed by atoms with E-state index < -0.39 is 40.6 Å². The molecule has 0 heterocycles. The van der Waals surface area contributed by atoms with Crippen molar-refractivity contribution in [2.24, 2.45) is 0 Å². The van der Waals surface area contributed by atoms with E-state index in [0.717, 1.165) is 0 Å². The zero-order valence-electron chi connectivity index (χ0n) is 7.91. The van der Waals surface area contributed by atoms with Crippen LogP contribution in [0.5, 0.6) is 0 Å². The first kappa shape index (κ1) is 12.4. The van der Waals surface area contributed by atoms with Crippen molar-refractivity contribution in [1.29, 1.82) is 0 Å². The van der Waals surface area contributed by atoms with E-state index in [1.165, 1.54) is 6.92 Å². The van der Waals surface area contributed by atoms with Crippen molar-refractivity contribution < 1.29 is 31.5 Å². The first-order valence-electron chi connectivity index (χ1n) is 4.10. The monoisotopic (exact) mass is 240 g/mol. The molecule has 7 heteroatoms. The molecule has 0 bridgehead atoms. The van der Waals surface area contributed by atoms with Crippen LogP contribution in [0.25, 0.3) is 0 Å². The largest absolute Gasteiger partial charge is 0.462 e. The molecule has 0 amide bonds. The Bertz CT molecular complexity index is 415. The summed E-state index contributed by atoms with van der Waals surface area (Å²) in [4.78, 5) is 10.9. The number of ether oxygens (including phenoxy) is 1. The van der Waals surface area contributed by atoms with Crippen LogP contribution in [0.1, 0.15) is 17.3 Å². The van der Waals surface area contributed by atoms with Gasteiger partial charge in [0.1, 0.15) is 5.56 Å². The highest BCUT2D eigenvalue weighted by Gasteiger charge is 2.30. The van der Waals surface area contributed by atoms with Crippen LogP contribution >= 0.6 is 0 Å². The van der Waals surface area contributed by atoms with Crippen LogP contribution in [-0.2, 0) is 4.74 Å². The normalized spacial score (nSPS) is 10.4. The van der Waals surface area contributed by atoms with Gasteiger partial charge in [0, 0.05) is 0 Å². The zero-order valence-corrected chi connectivity index (χ0v) is 7.91. The molecule has 2 nitrogen and oxygen atoms in total. The molecule has 0 saturated carbocycles. The summed E-state index contributed by atoms with van der Waals surface area (Å²) >= 11 is 0. The first-order chi connectivity index (χ1) is 7.41. The Morgan fingerprint density at radius 2 is 1.31 bits per heavy atom. The first-order valence-corrected chi connectivity index (χ1v) is 4.10. The Morgan fingerprint density at radius 3 is 1.69 bits per heavy atom. The molecule has 0 unspecified atom stereocenters. The highest BCUT2D eigenvalue weighted by atomic mass is 19.2. The quantitative estimate of drug-likeness (QED) is 0.343. The topological polar surface area (TPSA) is 26.3 Å². The van der Waals surface area contributed by atoms with Crippen LogP contribution in [0.15, 0.2) is 0 Å². The molecule has 0 aromatic heterocycles. The van der Waals surface area contributed by atoms with Gasteiger partial charge in [-0.1, -0.05) is 0 Å². The van der Waals surface area contributed by atoms with E-state index in [-0.39, 0.29) is 6.61 Å². The molecule has 0 aliphatic carbocycles. The standard InChI is InChI=1S/C9H5F5O2/c1-2-16-9(15)3-4(10)6(12)8(14)7(13)5(3)11/h2H2,1H3. The fourth-order valence-corrected chi connectivity index (χ4v) is 0.987. The van der Waals surface area contributed by atoms with Crippen molar-refractivity contribution in [2.75, 3.05) is 6.61 Å². The number of esters is 1. The molecule has 1 rings (SSSR count). The van der Waals surface area contributed by atoms with Crippen molar-refractivity contribution in [3.63, 3.8) is 0 Å². The molecule has 0 fully saturated rings. The van der Waals surface area contributed by atoms with Gasteiger partial charge < -0.3 is 4.74 Å². The third-order valence-electron chi connectivity index (χ3n) is 1.69. The van der Waals surface area contributed by atoms with E-state index in [4.69, 9.17) is 0 Å². The van der Waals surface area contributed by atoms with Crippen LogP contribution in [0.4, 0.5) is 22.0 Å². The average molecular weight is 240 g/mol. The van der Waals surface area contributed by atoms with Gasteiger partial charge in [-0.25, -0.2) is 26.7 Å². The number of carbonyl (C=O) groups is 1. The zero-order chi connectivity index (χ0) is 12.5. The summed E-state index contributed by atoms with van der Waals surface area (Å²) in [6.07, 6.45) is 0. The predicted octanol–water partition coefficient (Wildman–Crippen LogP) is 2.56. The molecule has 0 spiro atoms. The maximum Gasteiger partial charge on any atom is 0.344 e. The summed E-state index contributed by atoms with van der Waals surface area (Å²) in [7, 11) is 0. The molecular formula is C9H5F5O2. The van der Waals surface area contributed by atoms with Gasteiger partial charge in [0.05, 0.1) is 6.61 Å². The van der Waals surface area contributed by atoms with Crippen molar-refractivity contribution in [2.45, 2.75) is 6.92 Å². The fraction of sp³-hybridized carbons (Fsp3) is 0.222. The third kappa shape index (κ3) is 1.84. The minimum Gasteiger partial charge on any atom is -0.462 e. The Hall–Kier alpha value is -1.66. The van der Waals surface area contributed by atoms with Crippen LogP contribution in [0, 0.1) is 29.1 Å². The van der Waals surface area contributed by atoms with Gasteiger partial charge in [-0.3, -0.25) is 0 Å². The van der Waals surface area contributed by atoms with E-state index in [1.54, 1.807) is 0 Å². The third-order valence-corrected chi connectivity index (χ3v) is 1.69. The lowest BCUT2D eigenvalue weighted by molar-refractivity contribution is 0.0511. The maximum absolute atomic E-state index is 13.0. The van der Waals surface area contributed by atoms with Crippen LogP contribution in [0.3, 0.4) is 0 Å². The number of hydrogen-bond donors (Lipinski definition) is 0. The van der Waals surface area contributed by atoms with Crippen LogP contribution in [0.2, 0.25) is 0 Å². The summed E-state index contributed by atoms with van der Waals surface area (Å²) in [6, 6.07) is 0. The maximum atomic E-state index is 13.0. The van der Waals surface area contributed by atoms with Gasteiger partial charge in [-0.2, -0.15) is 0 Å². The Kier molecular flexibility index (Phi) is 3.46. The molecule has 0 aliphatic heterocycles. The highest BCUT2D eigenvalue weighted by molar-refractivity contribution is 5.90. The SMILES string of the molecule is CCOC(=O)c1c(F)c(F)c(F)c(F)c1F. The van der Waals surface area contributed by atoms with Crippen molar-refractivity contribution >= 4 is 5.97 Å². The van der Waals surface area contributed by atoms with Gasteiger partial charge in [-0.15, -0.1) is 0 Å². The number of hydrogen-bond acceptors (Lipinski definition) is 2. The Morgan fingerprint density at radius 1 is 0.938 bits per heavy atom. The molecule has 0 atom stereocenters. The van der Waals surface area contributed by atoms with Gasteiger partial charge in [0.15, 0.2) is 23.3 Å². The minimum atomic E-state index is -2.32. The van der Waals surface area contributed by atoms with E-state index in [2.05, 4.69) is 4.74 Å². The lowest BCUT2D eigenvalue weighted by atomic mass is 10.1. The molecular weight excluding hydrogens is 235 g/mol. The second-order valence-electron chi connectivity index (χ2n) is 2.67. The molecule has 1 aromatic rings. The Labute approximate surface area is 86.6 Å². The lowest BCUT2D eigenvalue weighted by Gasteiger charge is -2.06. The molecule has 0 radical (unpaired) electrons. The molecule has 0 N–H and O–H groups in total. The van der Waals surface area contributed by atoms with Crippen molar-refractivity contribution in [1.82, 2.24) is 0 Å². The molecule has 88 valence electrons. The summed E-state index contributed by atoms with van der Waals surface area (Å²) in [5, 5.41) is 0. The van der Waals surface area contributed by atoms with Crippen LogP contribution in [-0.4, -0.2) is 12.6 Å². The summed E-state index contributed by atoms with van der Waals surface area (Å²) in [5.74, 6) is -12.7. The molecule has 16 heavy (non-hydrogen) atoms. The predicted molar refractivity (Wildman–Crippen MR) is 42.2 cm³/mol. The van der Waals surface area contributed by atoms with E-state index in [0.29, 0.717) is 0 Å². The smallest absolute Gasteiger partial charge is 0.344 e. The number of rotatable bonds is 2.